The number of unbranched alkanes of at least 4 members (excludes halogenated alkanes) is 1. The second kappa shape index (κ2) is 25.7. The SMILES string of the molecule is C=CC(=C\N=C(C(=O)Nc1cc(C(C)(F)F)ccn1)C(C)CC)/C(=C1\C(N)=NC=CN1C(=C)C(CCCC)CC(C)CC)C(C)CC.CC.CCC(C)=O. The molecule has 54 heavy (non-hydrogen) atoms. The van der Waals surface area contributed by atoms with Crippen molar-refractivity contribution in [3.8, 4) is 0 Å². The lowest BCUT2D eigenvalue weighted by molar-refractivity contribution is -0.116. The van der Waals surface area contributed by atoms with Gasteiger partial charge in [-0.3, -0.25) is 9.79 Å². The summed E-state index contributed by atoms with van der Waals surface area (Å²) in [6, 6.07) is 2.41. The number of aliphatic imine (C=N–C) groups is 2. The van der Waals surface area contributed by atoms with Crippen molar-refractivity contribution >= 4 is 29.1 Å². The van der Waals surface area contributed by atoms with Crippen LogP contribution in [0.4, 0.5) is 14.6 Å². The molecule has 302 valence electrons. The van der Waals surface area contributed by atoms with Crippen LogP contribution in [0, 0.1) is 23.7 Å². The van der Waals surface area contributed by atoms with Gasteiger partial charge in [0, 0.05) is 55.3 Å². The highest BCUT2D eigenvalue weighted by molar-refractivity contribution is 6.43. The Hall–Kier alpha value is -4.21. The molecule has 0 bridgehead atoms. The van der Waals surface area contributed by atoms with Crippen LogP contribution in [-0.2, 0) is 15.5 Å². The molecule has 0 spiro atoms. The molecule has 0 saturated carbocycles. The van der Waals surface area contributed by atoms with E-state index in [1.807, 2.05) is 40.8 Å². The van der Waals surface area contributed by atoms with Crippen LogP contribution in [0.15, 0.2) is 88.7 Å². The van der Waals surface area contributed by atoms with Gasteiger partial charge in [0.25, 0.3) is 11.8 Å². The summed E-state index contributed by atoms with van der Waals surface area (Å²) >= 11 is 0. The lowest BCUT2D eigenvalue weighted by Gasteiger charge is -2.36. The normalized spacial score (nSPS) is 16.3. The molecule has 4 unspecified atom stereocenters. The number of pyridine rings is 1. The van der Waals surface area contributed by atoms with Gasteiger partial charge in [-0.05, 0) is 73.6 Å². The Bertz CT molecular complexity index is 1520. The Morgan fingerprint density at radius 2 is 1.69 bits per heavy atom. The molecule has 1 aliphatic rings. The van der Waals surface area contributed by atoms with Gasteiger partial charge in [-0.2, -0.15) is 0 Å². The van der Waals surface area contributed by atoms with Crippen LogP contribution >= 0.6 is 0 Å². The predicted octanol–water partition coefficient (Wildman–Crippen LogP) is 11.9. The zero-order valence-electron chi connectivity index (χ0n) is 35.4. The van der Waals surface area contributed by atoms with Crippen LogP contribution in [0.2, 0.25) is 0 Å². The molecule has 8 nitrogen and oxygen atoms in total. The predicted molar refractivity (Wildman–Crippen MR) is 225 cm³/mol. The molecule has 1 amide bonds. The first-order valence-electron chi connectivity index (χ1n) is 19.8. The monoisotopic (exact) mass is 753 g/mol. The van der Waals surface area contributed by atoms with Gasteiger partial charge in [-0.1, -0.05) is 108 Å². The maximum Gasteiger partial charge on any atom is 0.271 e. The van der Waals surface area contributed by atoms with Gasteiger partial charge in [0.1, 0.15) is 23.1 Å². The van der Waals surface area contributed by atoms with Crippen molar-refractivity contribution in [3.05, 3.63) is 84.3 Å². The molecule has 10 heteroatoms. The molecule has 0 aromatic carbocycles. The van der Waals surface area contributed by atoms with E-state index in [9.17, 15) is 18.4 Å². The fourth-order valence-corrected chi connectivity index (χ4v) is 5.45. The summed E-state index contributed by atoms with van der Waals surface area (Å²) in [6.45, 7) is 31.7. The van der Waals surface area contributed by atoms with Gasteiger partial charge < -0.3 is 20.7 Å². The summed E-state index contributed by atoms with van der Waals surface area (Å²) in [4.78, 5) is 38.7. The molecule has 1 aliphatic heterocycles. The highest BCUT2D eigenvalue weighted by Gasteiger charge is 2.30. The van der Waals surface area contributed by atoms with Crippen molar-refractivity contribution in [3.63, 3.8) is 0 Å². The van der Waals surface area contributed by atoms with Crippen molar-refractivity contribution < 1.29 is 18.4 Å². The highest BCUT2D eigenvalue weighted by atomic mass is 19.3. The van der Waals surface area contributed by atoms with Crippen LogP contribution in [-0.4, -0.2) is 33.1 Å². The van der Waals surface area contributed by atoms with E-state index in [0.717, 1.165) is 62.4 Å². The molecule has 2 rings (SSSR count). The lowest BCUT2D eigenvalue weighted by Crippen LogP contribution is -2.34. The number of nitrogens with zero attached hydrogens (tertiary/aromatic N) is 4. The number of rotatable bonds is 19. The Morgan fingerprint density at radius 1 is 1.07 bits per heavy atom. The highest BCUT2D eigenvalue weighted by Crippen LogP contribution is 2.36. The first kappa shape index (κ1) is 49.8. The number of nitrogens with one attached hydrogen (secondary N) is 1. The molecule has 0 aliphatic carbocycles. The van der Waals surface area contributed by atoms with Gasteiger partial charge in [0.05, 0.1) is 5.70 Å². The minimum absolute atomic E-state index is 0.0301. The molecule has 4 atom stereocenters. The zero-order valence-corrected chi connectivity index (χ0v) is 35.4. The van der Waals surface area contributed by atoms with E-state index in [0.29, 0.717) is 30.2 Å². The molecule has 0 radical (unpaired) electrons. The van der Waals surface area contributed by atoms with Gasteiger partial charge in [0.2, 0.25) is 0 Å². The second-order valence-corrected chi connectivity index (χ2v) is 13.8. The standard InChI is InChI=1S/C38H56F2N6O.C4H8O.C2H6/c1-11-16-17-30(22-25(6)12-2)28(9)46-21-20-43-36(41)35(46)33(26(7)13-3)29(15-5)24-44-34(27(8)14-4)37(47)45-32-23-31(18-19-42-32)38(10,39)40;1-3-4(2)5;1-2/h15,18-21,23-27,30H,5,9,11-14,16-17,22H2,1-4,6-8,10H3,(H2,41,43)(H,42,45,47);3H2,1-2H3;1-2H3/b29-24+,35-33+,44-34?;;. The number of Topliss-reactive ketones (excluding diaryl/α,β-unsaturated/α-hetero) is 1. The molecule has 2 heterocycles. The van der Waals surface area contributed by atoms with E-state index in [4.69, 9.17) is 10.7 Å². The third-order valence-corrected chi connectivity index (χ3v) is 9.54. The summed E-state index contributed by atoms with van der Waals surface area (Å²) in [7, 11) is 0. The lowest BCUT2D eigenvalue weighted by atomic mass is 9.85. The zero-order chi connectivity index (χ0) is 41.6. The maximum atomic E-state index is 13.9. The number of hydrogen-bond acceptors (Lipinski definition) is 7. The van der Waals surface area contributed by atoms with E-state index < -0.39 is 11.8 Å². The minimum Gasteiger partial charge on any atom is -0.382 e. The number of carbonyl (C=O) groups is 2. The quantitative estimate of drug-likeness (QED) is 0.108. The smallest absolute Gasteiger partial charge is 0.271 e. The number of amides is 1. The fourth-order valence-electron chi connectivity index (χ4n) is 5.45. The van der Waals surface area contributed by atoms with E-state index in [2.05, 4.69) is 68.0 Å². The van der Waals surface area contributed by atoms with Crippen molar-refractivity contribution in [1.82, 2.24) is 9.88 Å². The molecule has 0 fully saturated rings. The molecule has 3 N–H and O–H groups in total. The average molecular weight is 753 g/mol. The molecular weight excluding hydrogens is 683 g/mol. The number of allylic oxidation sites excluding steroid dienone is 4. The van der Waals surface area contributed by atoms with Crippen molar-refractivity contribution in [2.45, 2.75) is 140 Å². The van der Waals surface area contributed by atoms with Crippen molar-refractivity contribution in [1.29, 1.82) is 0 Å². The molecule has 0 saturated heterocycles. The van der Waals surface area contributed by atoms with Gasteiger partial charge in [-0.25, -0.2) is 18.8 Å². The first-order valence-corrected chi connectivity index (χ1v) is 19.8. The topological polar surface area (TPSA) is 113 Å². The van der Waals surface area contributed by atoms with Gasteiger partial charge in [0.15, 0.2) is 0 Å². The second-order valence-electron chi connectivity index (χ2n) is 13.8. The number of alkyl halides is 2. The van der Waals surface area contributed by atoms with Gasteiger partial charge in [-0.15, -0.1) is 0 Å². The Labute approximate surface area is 326 Å². The number of amidine groups is 1. The summed E-state index contributed by atoms with van der Waals surface area (Å²) in [5.74, 6) is -2.30. The summed E-state index contributed by atoms with van der Waals surface area (Å²) in [5, 5.41) is 2.67. The Balaban J connectivity index is 0.00000369. The number of nitrogens with two attached hydrogens (primary N) is 1. The minimum atomic E-state index is -3.07. The van der Waals surface area contributed by atoms with E-state index >= 15 is 0 Å². The molecular formula is C44H70F2N6O2. The summed E-state index contributed by atoms with van der Waals surface area (Å²) < 4.78 is 27.9. The van der Waals surface area contributed by atoms with Crippen LogP contribution < -0.4 is 11.1 Å². The van der Waals surface area contributed by atoms with Crippen molar-refractivity contribution in [2.24, 2.45) is 39.4 Å². The van der Waals surface area contributed by atoms with Crippen LogP contribution in [0.1, 0.15) is 140 Å². The maximum absolute atomic E-state index is 13.9. The van der Waals surface area contributed by atoms with E-state index in [1.54, 1.807) is 25.4 Å². The largest absolute Gasteiger partial charge is 0.382 e. The third kappa shape index (κ3) is 16.0. The average Bonchev–Trinajstić information content (AvgIpc) is 3.16. The van der Waals surface area contributed by atoms with Crippen LogP contribution in [0.25, 0.3) is 0 Å². The third-order valence-electron chi connectivity index (χ3n) is 9.54. The van der Waals surface area contributed by atoms with Gasteiger partial charge >= 0.3 is 0 Å². The summed E-state index contributed by atoms with van der Waals surface area (Å²) in [5.41, 5.74) is 9.99. The summed E-state index contributed by atoms with van der Waals surface area (Å²) in [6.07, 6.45) is 15.7. The Kier molecular flexibility index (Phi) is 23.7. The number of hydrogen-bond donors (Lipinski definition) is 2. The van der Waals surface area contributed by atoms with Crippen LogP contribution in [0.5, 0.6) is 0 Å². The molecule has 1 aromatic rings. The molecule has 1 aromatic heterocycles. The van der Waals surface area contributed by atoms with Crippen LogP contribution in [0.3, 0.4) is 0 Å². The Morgan fingerprint density at radius 3 is 2.19 bits per heavy atom. The number of anilines is 1. The number of carbonyl (C=O) groups excluding carboxylic acids is 2. The van der Waals surface area contributed by atoms with E-state index in [1.165, 1.54) is 18.3 Å². The first-order chi connectivity index (χ1) is 25.5. The fraction of sp³-hybridized carbons (Fsp3) is 0.568. The van der Waals surface area contributed by atoms with E-state index in [-0.39, 0.29) is 40.6 Å². The number of halogens is 2. The van der Waals surface area contributed by atoms with Crippen molar-refractivity contribution in [2.75, 3.05) is 5.32 Å². The number of aromatic nitrogens is 1. The number of ketones is 1.